The summed E-state index contributed by atoms with van der Waals surface area (Å²) in [6.07, 6.45) is -1.83. The van der Waals surface area contributed by atoms with Gasteiger partial charge in [0.2, 0.25) is 5.95 Å². The summed E-state index contributed by atoms with van der Waals surface area (Å²) in [5.41, 5.74) is 10.0. The lowest BCUT2D eigenvalue weighted by atomic mass is 10.1. The number of nitrogens with two attached hydrogens (primary N) is 1. The molecule has 4 atom stereocenters. The molecular weight excluding hydrogens is 394 g/mol. The Morgan fingerprint density at radius 2 is 2.03 bits per heavy atom. The van der Waals surface area contributed by atoms with E-state index in [4.69, 9.17) is 15.2 Å². The molecule has 0 amide bonds. The van der Waals surface area contributed by atoms with E-state index in [1.165, 1.54) is 10.9 Å². The number of hydrazone groups is 1. The zero-order valence-electron chi connectivity index (χ0n) is 16.0. The number of ether oxygens (including phenoxy) is 2. The minimum absolute atomic E-state index is 0.132. The molecule has 0 unspecified atom stereocenters. The number of hydrogen-bond acceptors (Lipinski definition) is 11. The largest absolute Gasteiger partial charge is 0.497 e. The van der Waals surface area contributed by atoms with Gasteiger partial charge in [-0.05, 0) is 29.8 Å². The molecule has 12 heteroatoms. The molecule has 1 aliphatic rings. The second-order valence-electron chi connectivity index (χ2n) is 6.61. The van der Waals surface area contributed by atoms with E-state index in [1.54, 1.807) is 25.5 Å². The van der Waals surface area contributed by atoms with Gasteiger partial charge in [0.05, 0.1) is 19.9 Å². The number of aromatic nitrogens is 4. The fourth-order valence-electron chi connectivity index (χ4n) is 3.19. The van der Waals surface area contributed by atoms with Crippen LogP contribution in [0.3, 0.4) is 0 Å². The summed E-state index contributed by atoms with van der Waals surface area (Å²) in [4.78, 5) is 12.4. The minimum atomic E-state index is -1.33. The first kappa shape index (κ1) is 20.0. The Bertz CT molecular complexity index is 1060. The van der Waals surface area contributed by atoms with Crippen LogP contribution in [-0.4, -0.2) is 73.1 Å². The lowest BCUT2D eigenvalue weighted by molar-refractivity contribution is -0.0501. The van der Waals surface area contributed by atoms with E-state index in [0.29, 0.717) is 0 Å². The Balaban J connectivity index is 1.68. The number of aliphatic hydroxyl groups excluding tert-OH is 3. The van der Waals surface area contributed by atoms with Crippen molar-refractivity contribution in [2.45, 2.75) is 24.5 Å². The summed E-state index contributed by atoms with van der Waals surface area (Å²) < 4.78 is 12.2. The van der Waals surface area contributed by atoms with Gasteiger partial charge in [0.25, 0.3) is 0 Å². The molecule has 2 aromatic heterocycles. The number of nitrogens with one attached hydrogen (secondary N) is 1. The minimum Gasteiger partial charge on any atom is -0.497 e. The van der Waals surface area contributed by atoms with Crippen molar-refractivity contribution in [1.82, 2.24) is 19.5 Å². The van der Waals surface area contributed by atoms with Crippen molar-refractivity contribution in [3.05, 3.63) is 36.2 Å². The highest BCUT2D eigenvalue weighted by molar-refractivity contribution is 5.84. The van der Waals surface area contributed by atoms with Gasteiger partial charge in [-0.15, -0.1) is 0 Å². The van der Waals surface area contributed by atoms with Gasteiger partial charge in [-0.3, -0.25) is 4.57 Å². The second-order valence-corrected chi connectivity index (χ2v) is 6.61. The molecule has 0 aliphatic carbocycles. The maximum atomic E-state index is 10.4. The molecule has 1 aliphatic heterocycles. The third-order valence-corrected chi connectivity index (χ3v) is 4.77. The van der Waals surface area contributed by atoms with E-state index >= 15 is 0 Å². The van der Waals surface area contributed by atoms with Gasteiger partial charge in [0.15, 0.2) is 23.2 Å². The van der Waals surface area contributed by atoms with Crippen LogP contribution in [-0.2, 0) is 4.74 Å². The Hall–Kier alpha value is -3.32. The number of imidazole rings is 1. The van der Waals surface area contributed by atoms with Crippen molar-refractivity contribution in [3.8, 4) is 5.75 Å². The lowest BCUT2D eigenvalue weighted by Gasteiger charge is -2.18. The number of nitrogen functional groups attached to an aromatic ring is 1. The van der Waals surface area contributed by atoms with Crippen LogP contribution in [0.1, 0.15) is 11.8 Å². The van der Waals surface area contributed by atoms with Crippen molar-refractivity contribution in [2.75, 3.05) is 24.9 Å². The third kappa shape index (κ3) is 3.52. The fraction of sp³-hybridized carbons (Fsp3) is 0.333. The van der Waals surface area contributed by atoms with Crippen molar-refractivity contribution >= 4 is 29.1 Å². The number of fused-ring (bicyclic) bond motifs is 1. The van der Waals surface area contributed by atoms with Crippen molar-refractivity contribution in [2.24, 2.45) is 5.10 Å². The van der Waals surface area contributed by atoms with Gasteiger partial charge in [0, 0.05) is 0 Å². The van der Waals surface area contributed by atoms with E-state index in [9.17, 15) is 15.3 Å². The standard InChI is InChI=1S/C18H21N7O5/c1-29-10-4-2-9(3-5-10)6-22-24-18-23-12-15(19)20-8-21-16(12)25(18)17-14(28)13(27)11(7-26)30-17/h2-6,8,11,13-14,17,26-28H,7H2,1H3,(H,23,24)(H2,19,20,21)/t11-,13+,14+,17+/m0/s1. The van der Waals surface area contributed by atoms with Crippen LogP contribution in [0, 0.1) is 0 Å². The van der Waals surface area contributed by atoms with E-state index in [2.05, 4.69) is 25.5 Å². The number of rotatable bonds is 6. The van der Waals surface area contributed by atoms with Crippen molar-refractivity contribution < 1.29 is 24.8 Å². The number of aliphatic hydroxyl groups is 3. The number of benzene rings is 1. The SMILES string of the molecule is COc1ccc(C=NNc2nc3c(N)ncnc3n2[C@@H]2O[C@@H](CO)[C@@H](O)[C@H]2O)cc1. The summed E-state index contributed by atoms with van der Waals surface area (Å²) >= 11 is 0. The quantitative estimate of drug-likeness (QED) is 0.260. The fourth-order valence-corrected chi connectivity index (χ4v) is 3.19. The number of hydrogen-bond donors (Lipinski definition) is 5. The summed E-state index contributed by atoms with van der Waals surface area (Å²) in [6, 6.07) is 7.24. The van der Waals surface area contributed by atoms with Crippen LogP contribution in [0.5, 0.6) is 5.75 Å². The van der Waals surface area contributed by atoms with E-state index in [-0.39, 0.29) is 22.9 Å². The molecule has 6 N–H and O–H groups in total. The summed E-state index contributed by atoms with van der Waals surface area (Å²) in [6.45, 7) is -0.461. The Labute approximate surface area is 170 Å². The maximum absolute atomic E-state index is 10.4. The first-order valence-corrected chi connectivity index (χ1v) is 9.07. The van der Waals surface area contributed by atoms with Gasteiger partial charge in [0.1, 0.15) is 30.4 Å². The van der Waals surface area contributed by atoms with Crippen LogP contribution in [0.15, 0.2) is 35.7 Å². The zero-order valence-corrected chi connectivity index (χ0v) is 16.0. The van der Waals surface area contributed by atoms with Crippen molar-refractivity contribution in [1.29, 1.82) is 0 Å². The Kier molecular flexibility index (Phi) is 5.46. The number of nitrogens with zero attached hydrogens (tertiary/aromatic N) is 5. The predicted molar refractivity (Wildman–Crippen MR) is 107 cm³/mol. The smallest absolute Gasteiger partial charge is 0.228 e. The molecule has 158 valence electrons. The number of methoxy groups -OCH3 is 1. The van der Waals surface area contributed by atoms with E-state index < -0.39 is 31.1 Å². The van der Waals surface area contributed by atoms with E-state index in [0.717, 1.165) is 11.3 Å². The molecule has 1 aromatic carbocycles. The Morgan fingerprint density at radius 1 is 1.27 bits per heavy atom. The third-order valence-electron chi connectivity index (χ3n) is 4.77. The first-order valence-electron chi connectivity index (χ1n) is 9.07. The van der Waals surface area contributed by atoms with Gasteiger partial charge in [-0.2, -0.15) is 5.10 Å². The molecule has 4 rings (SSSR count). The Morgan fingerprint density at radius 3 is 2.70 bits per heavy atom. The molecule has 0 saturated carbocycles. The molecule has 1 fully saturated rings. The number of anilines is 2. The molecule has 0 radical (unpaired) electrons. The summed E-state index contributed by atoms with van der Waals surface area (Å²) in [5, 5.41) is 34.1. The van der Waals surface area contributed by atoms with Crippen LogP contribution in [0.25, 0.3) is 11.2 Å². The molecule has 3 heterocycles. The zero-order chi connectivity index (χ0) is 21.3. The van der Waals surface area contributed by atoms with Crippen LogP contribution < -0.4 is 15.9 Å². The molecular formula is C18H21N7O5. The average molecular weight is 415 g/mol. The highest BCUT2D eigenvalue weighted by Crippen LogP contribution is 2.35. The van der Waals surface area contributed by atoms with Crippen LogP contribution in [0.2, 0.25) is 0 Å². The highest BCUT2D eigenvalue weighted by Gasteiger charge is 2.45. The first-order chi connectivity index (χ1) is 14.5. The normalized spacial score (nSPS) is 24.0. The molecule has 0 spiro atoms. The molecule has 0 bridgehead atoms. The molecule has 30 heavy (non-hydrogen) atoms. The van der Waals surface area contributed by atoms with Gasteiger partial charge >= 0.3 is 0 Å². The van der Waals surface area contributed by atoms with E-state index in [1.807, 2.05) is 12.1 Å². The second kappa shape index (κ2) is 8.20. The lowest BCUT2D eigenvalue weighted by Crippen LogP contribution is -2.33. The maximum Gasteiger partial charge on any atom is 0.228 e. The van der Waals surface area contributed by atoms with Crippen LogP contribution in [0.4, 0.5) is 11.8 Å². The highest BCUT2D eigenvalue weighted by atomic mass is 16.6. The van der Waals surface area contributed by atoms with Crippen LogP contribution >= 0.6 is 0 Å². The molecule has 3 aromatic rings. The summed E-state index contributed by atoms with van der Waals surface area (Å²) in [5.74, 6) is 1.02. The van der Waals surface area contributed by atoms with Gasteiger partial charge in [-0.1, -0.05) is 0 Å². The topological polar surface area (TPSA) is 173 Å². The predicted octanol–water partition coefficient (Wildman–Crippen LogP) is -0.525. The van der Waals surface area contributed by atoms with Gasteiger partial charge in [-0.25, -0.2) is 20.4 Å². The molecule has 12 nitrogen and oxygen atoms in total. The summed E-state index contributed by atoms with van der Waals surface area (Å²) in [7, 11) is 1.58. The van der Waals surface area contributed by atoms with Gasteiger partial charge < -0.3 is 30.5 Å². The monoisotopic (exact) mass is 415 g/mol. The average Bonchev–Trinajstić information content (AvgIpc) is 3.26. The van der Waals surface area contributed by atoms with Crippen molar-refractivity contribution in [3.63, 3.8) is 0 Å². The molecule has 1 saturated heterocycles.